The van der Waals surface area contributed by atoms with Gasteiger partial charge in [0.05, 0.1) is 17.1 Å². The molecule has 6 nitrogen and oxygen atoms in total. The maximum Gasteiger partial charge on any atom is 0.348 e. The van der Waals surface area contributed by atoms with Crippen LogP contribution in [0.1, 0.15) is 30.0 Å². The second-order valence-electron chi connectivity index (χ2n) is 5.97. The summed E-state index contributed by atoms with van der Waals surface area (Å²) in [5.74, 6) is 0.436. The number of hydrogen-bond acceptors (Lipinski definition) is 4. The van der Waals surface area contributed by atoms with Crippen molar-refractivity contribution in [3.63, 3.8) is 0 Å². The van der Waals surface area contributed by atoms with Gasteiger partial charge in [-0.2, -0.15) is 4.98 Å². The van der Waals surface area contributed by atoms with Gasteiger partial charge in [0, 0.05) is 26.2 Å². The van der Waals surface area contributed by atoms with Gasteiger partial charge in [0.15, 0.2) is 0 Å². The van der Waals surface area contributed by atoms with Crippen LogP contribution in [0.25, 0.3) is 0 Å². The lowest BCUT2D eigenvalue weighted by atomic mass is 10.2. The van der Waals surface area contributed by atoms with Crippen LogP contribution in [0, 0.1) is 0 Å². The van der Waals surface area contributed by atoms with Crippen molar-refractivity contribution in [1.29, 1.82) is 0 Å². The molecule has 0 amide bonds. The monoisotopic (exact) mass is 333 g/mol. The van der Waals surface area contributed by atoms with Crippen molar-refractivity contribution in [3.8, 4) is 0 Å². The van der Waals surface area contributed by atoms with Crippen LogP contribution in [-0.4, -0.2) is 36.4 Å². The van der Waals surface area contributed by atoms with Gasteiger partial charge in [-0.1, -0.05) is 12.1 Å². The average molecular weight is 333 g/mol. The molecular weight excluding hydrogens is 314 g/mol. The second kappa shape index (κ2) is 5.90. The first kappa shape index (κ1) is 15.9. The number of hydrogen-bond donors (Lipinski definition) is 0. The minimum atomic E-state index is -3.48. The van der Waals surface area contributed by atoms with Crippen molar-refractivity contribution < 1.29 is 8.42 Å². The van der Waals surface area contributed by atoms with Crippen molar-refractivity contribution in [2.75, 3.05) is 14.1 Å². The highest BCUT2D eigenvalue weighted by molar-refractivity contribution is 7.89. The number of nitrogens with zero attached hydrogens (tertiary/aromatic N) is 3. The average Bonchev–Trinajstić information content (AvgIpc) is 3.34. The van der Waals surface area contributed by atoms with Crippen molar-refractivity contribution in [1.82, 2.24) is 13.9 Å². The smallest absolute Gasteiger partial charge is 0.295 e. The summed E-state index contributed by atoms with van der Waals surface area (Å²) in [7, 11) is -0.495. The normalized spacial score (nSPS) is 15.1. The molecule has 0 unspecified atom stereocenters. The van der Waals surface area contributed by atoms with Crippen LogP contribution in [0.3, 0.4) is 0 Å². The van der Waals surface area contributed by atoms with Gasteiger partial charge in [-0.25, -0.2) is 17.5 Å². The molecule has 1 saturated carbocycles. The molecule has 0 spiro atoms. The standard InChI is InChI=1S/C16H19N3O3S/c1-18(2)23(21,22)14-5-3-4-12(10-14)11-19-9-8-15(13-6-7-13)17-16(19)20/h3-5,8-10,13H,6-7,11H2,1-2H3. The van der Waals surface area contributed by atoms with Crippen LogP contribution in [0.2, 0.25) is 0 Å². The third kappa shape index (κ3) is 3.35. The first-order valence-corrected chi connectivity index (χ1v) is 8.91. The largest absolute Gasteiger partial charge is 0.348 e. The van der Waals surface area contributed by atoms with E-state index in [1.54, 1.807) is 30.5 Å². The van der Waals surface area contributed by atoms with E-state index >= 15 is 0 Å². The van der Waals surface area contributed by atoms with Gasteiger partial charge in [-0.15, -0.1) is 0 Å². The molecule has 7 heteroatoms. The summed E-state index contributed by atoms with van der Waals surface area (Å²) in [5, 5.41) is 0. The zero-order chi connectivity index (χ0) is 16.6. The first-order chi connectivity index (χ1) is 10.9. The van der Waals surface area contributed by atoms with Gasteiger partial charge in [0.2, 0.25) is 10.0 Å². The number of benzene rings is 1. The molecule has 1 aromatic carbocycles. The number of sulfonamides is 1. The van der Waals surface area contributed by atoms with E-state index in [1.165, 1.54) is 23.0 Å². The quantitative estimate of drug-likeness (QED) is 0.829. The lowest BCUT2D eigenvalue weighted by Crippen LogP contribution is -2.24. The third-order valence-electron chi connectivity index (χ3n) is 3.92. The van der Waals surface area contributed by atoms with E-state index in [0.29, 0.717) is 12.5 Å². The predicted octanol–water partition coefficient (Wildman–Crippen LogP) is 1.42. The summed E-state index contributed by atoms with van der Waals surface area (Å²) < 4.78 is 27.0. The molecule has 0 bridgehead atoms. The first-order valence-electron chi connectivity index (χ1n) is 7.47. The molecule has 1 aliphatic carbocycles. The number of rotatable bonds is 5. The lowest BCUT2D eigenvalue weighted by Gasteiger charge is -2.12. The summed E-state index contributed by atoms with van der Waals surface area (Å²) in [5.41, 5.74) is 1.31. The Morgan fingerprint density at radius 3 is 2.61 bits per heavy atom. The van der Waals surface area contributed by atoms with Gasteiger partial charge in [0.25, 0.3) is 0 Å². The Balaban J connectivity index is 1.87. The molecule has 0 radical (unpaired) electrons. The van der Waals surface area contributed by atoms with E-state index in [-0.39, 0.29) is 10.6 Å². The fourth-order valence-electron chi connectivity index (χ4n) is 2.38. The van der Waals surface area contributed by atoms with E-state index in [4.69, 9.17) is 0 Å². The summed E-state index contributed by atoms with van der Waals surface area (Å²) in [6.07, 6.45) is 3.93. The minimum Gasteiger partial charge on any atom is -0.295 e. The van der Waals surface area contributed by atoms with Crippen molar-refractivity contribution in [2.45, 2.75) is 30.2 Å². The Labute approximate surface area is 135 Å². The fraction of sp³-hybridized carbons (Fsp3) is 0.375. The summed E-state index contributed by atoms with van der Waals surface area (Å²) in [4.78, 5) is 16.4. The molecule has 3 rings (SSSR count). The van der Waals surface area contributed by atoms with Crippen LogP contribution in [-0.2, 0) is 16.6 Å². The van der Waals surface area contributed by atoms with E-state index in [9.17, 15) is 13.2 Å². The van der Waals surface area contributed by atoms with Gasteiger partial charge < -0.3 is 0 Å². The summed E-state index contributed by atoms with van der Waals surface area (Å²) in [6.45, 7) is 0.299. The molecule has 1 aliphatic rings. The molecular formula is C16H19N3O3S. The molecule has 0 atom stereocenters. The van der Waals surface area contributed by atoms with E-state index in [2.05, 4.69) is 4.98 Å². The Kier molecular flexibility index (Phi) is 4.08. The summed E-state index contributed by atoms with van der Waals surface area (Å²) in [6, 6.07) is 8.50. The third-order valence-corrected chi connectivity index (χ3v) is 5.73. The topological polar surface area (TPSA) is 72.3 Å². The zero-order valence-corrected chi connectivity index (χ0v) is 14.0. The molecule has 23 heavy (non-hydrogen) atoms. The van der Waals surface area contributed by atoms with E-state index < -0.39 is 10.0 Å². The predicted molar refractivity (Wildman–Crippen MR) is 86.9 cm³/mol. The Morgan fingerprint density at radius 2 is 2.00 bits per heavy atom. The van der Waals surface area contributed by atoms with Crippen LogP contribution < -0.4 is 5.69 Å². The lowest BCUT2D eigenvalue weighted by molar-refractivity contribution is 0.520. The second-order valence-corrected chi connectivity index (χ2v) is 8.12. The van der Waals surface area contributed by atoms with Crippen LogP contribution in [0.5, 0.6) is 0 Å². The molecule has 1 fully saturated rings. The van der Waals surface area contributed by atoms with Gasteiger partial charge in [-0.05, 0) is 36.6 Å². The van der Waals surface area contributed by atoms with Gasteiger partial charge in [0.1, 0.15) is 0 Å². The number of aromatic nitrogens is 2. The SMILES string of the molecule is CN(C)S(=O)(=O)c1cccc(Cn2ccc(C3CC3)nc2=O)c1. The molecule has 1 aromatic heterocycles. The van der Waals surface area contributed by atoms with Crippen molar-refractivity contribution in [2.24, 2.45) is 0 Å². The Bertz CT molecular complexity index is 883. The van der Waals surface area contributed by atoms with E-state index in [1.807, 2.05) is 6.07 Å². The molecule has 0 aliphatic heterocycles. The minimum absolute atomic E-state index is 0.218. The highest BCUT2D eigenvalue weighted by Crippen LogP contribution is 2.38. The van der Waals surface area contributed by atoms with Gasteiger partial charge >= 0.3 is 5.69 Å². The zero-order valence-electron chi connectivity index (χ0n) is 13.1. The van der Waals surface area contributed by atoms with Crippen LogP contribution in [0.15, 0.2) is 46.2 Å². The molecule has 0 N–H and O–H groups in total. The fourth-order valence-corrected chi connectivity index (χ4v) is 3.35. The summed E-state index contributed by atoms with van der Waals surface area (Å²) >= 11 is 0. The Morgan fingerprint density at radius 1 is 1.26 bits per heavy atom. The molecule has 122 valence electrons. The Hall–Kier alpha value is -1.99. The van der Waals surface area contributed by atoms with Crippen molar-refractivity contribution in [3.05, 3.63) is 58.3 Å². The highest BCUT2D eigenvalue weighted by atomic mass is 32.2. The van der Waals surface area contributed by atoms with Gasteiger partial charge in [-0.3, -0.25) is 4.57 Å². The van der Waals surface area contributed by atoms with E-state index in [0.717, 1.165) is 24.1 Å². The maximum atomic E-state index is 12.2. The molecule has 0 saturated heterocycles. The molecule has 2 aromatic rings. The van der Waals surface area contributed by atoms with Crippen LogP contribution in [0.4, 0.5) is 0 Å². The van der Waals surface area contributed by atoms with Crippen LogP contribution >= 0.6 is 0 Å². The van der Waals surface area contributed by atoms with Crippen molar-refractivity contribution >= 4 is 10.0 Å². The maximum absolute atomic E-state index is 12.2. The highest BCUT2D eigenvalue weighted by Gasteiger charge is 2.25. The molecule has 1 heterocycles.